The van der Waals surface area contributed by atoms with Crippen LogP contribution in [0.3, 0.4) is 0 Å². The molecule has 1 aromatic heterocycles. The summed E-state index contributed by atoms with van der Waals surface area (Å²) in [4.78, 5) is 17.5. The maximum atomic E-state index is 13.3. The zero-order valence-electron chi connectivity index (χ0n) is 19.1. The number of methoxy groups -OCH3 is 1. The van der Waals surface area contributed by atoms with Crippen LogP contribution in [0.1, 0.15) is 40.7 Å². The number of nitrogens with zero attached hydrogens (tertiary/aromatic N) is 4. The van der Waals surface area contributed by atoms with Gasteiger partial charge in [0.15, 0.2) is 5.69 Å². The Bertz CT molecular complexity index is 901. The molecule has 1 fully saturated rings. The van der Waals surface area contributed by atoms with Gasteiger partial charge >= 0.3 is 0 Å². The Balaban J connectivity index is 1.42. The quantitative estimate of drug-likeness (QED) is 0.735. The van der Waals surface area contributed by atoms with Crippen LogP contribution < -0.4 is 10.1 Å². The van der Waals surface area contributed by atoms with Crippen molar-refractivity contribution in [1.29, 1.82) is 0 Å². The number of aryl methyl sites for hydroxylation is 1. The lowest BCUT2D eigenvalue weighted by Gasteiger charge is -2.32. The van der Waals surface area contributed by atoms with Crippen LogP contribution in [0.25, 0.3) is 0 Å². The Labute approximate surface area is 185 Å². The Kier molecular flexibility index (Phi) is 6.92. The molecule has 0 bridgehead atoms. The van der Waals surface area contributed by atoms with Crippen molar-refractivity contribution in [2.45, 2.75) is 45.2 Å². The second-order valence-corrected chi connectivity index (χ2v) is 8.64. The molecule has 1 aromatic carbocycles. The number of benzene rings is 1. The summed E-state index contributed by atoms with van der Waals surface area (Å²) in [5, 5.41) is 8.47. The molecule has 0 spiro atoms. The lowest BCUT2D eigenvalue weighted by Crippen LogP contribution is -2.47. The van der Waals surface area contributed by atoms with Crippen molar-refractivity contribution in [1.82, 2.24) is 24.9 Å². The SMILES string of the molecule is CCn1nc(C(=O)N2CCN(C)CC2)c2c1CCC(NCCc1ccccc1OC)C2. The first-order valence-electron chi connectivity index (χ1n) is 11.5. The number of hydrogen-bond acceptors (Lipinski definition) is 5. The number of nitrogens with one attached hydrogen (secondary N) is 1. The molecular formula is C24H35N5O2. The first-order valence-corrected chi connectivity index (χ1v) is 11.5. The van der Waals surface area contributed by atoms with Crippen LogP contribution in [-0.2, 0) is 25.8 Å². The van der Waals surface area contributed by atoms with Gasteiger partial charge in [0.25, 0.3) is 5.91 Å². The number of ether oxygens (including phenoxy) is 1. The van der Waals surface area contributed by atoms with Gasteiger partial charge in [-0.15, -0.1) is 0 Å². The second kappa shape index (κ2) is 9.83. The molecule has 7 nitrogen and oxygen atoms in total. The predicted octanol–water partition coefficient (Wildman–Crippen LogP) is 1.99. The molecule has 2 heterocycles. The molecule has 0 radical (unpaired) electrons. The van der Waals surface area contributed by atoms with Crippen LogP contribution in [-0.4, -0.2) is 78.4 Å². The molecule has 7 heteroatoms. The Hall–Kier alpha value is -2.38. The predicted molar refractivity (Wildman–Crippen MR) is 122 cm³/mol. The molecule has 1 amide bonds. The van der Waals surface area contributed by atoms with Crippen LogP contribution in [0.2, 0.25) is 0 Å². The molecular weight excluding hydrogens is 390 g/mol. The number of hydrogen-bond donors (Lipinski definition) is 1. The minimum absolute atomic E-state index is 0.103. The Morgan fingerprint density at radius 2 is 2.00 bits per heavy atom. The van der Waals surface area contributed by atoms with Gasteiger partial charge in [-0.3, -0.25) is 9.48 Å². The largest absolute Gasteiger partial charge is 0.496 e. The molecule has 1 atom stereocenters. The van der Waals surface area contributed by atoms with E-state index in [9.17, 15) is 4.79 Å². The number of piperazine rings is 1. The van der Waals surface area contributed by atoms with Crippen LogP contribution in [0.4, 0.5) is 0 Å². The molecule has 1 N–H and O–H groups in total. The Morgan fingerprint density at radius 3 is 2.74 bits per heavy atom. The van der Waals surface area contributed by atoms with Gasteiger partial charge < -0.3 is 19.9 Å². The van der Waals surface area contributed by atoms with Crippen LogP contribution in [0.5, 0.6) is 5.75 Å². The molecule has 1 aliphatic heterocycles. The third-order valence-corrected chi connectivity index (χ3v) is 6.66. The van der Waals surface area contributed by atoms with E-state index in [0.29, 0.717) is 11.7 Å². The van der Waals surface area contributed by atoms with E-state index in [-0.39, 0.29) is 5.91 Å². The fourth-order valence-corrected chi connectivity index (χ4v) is 4.78. The average Bonchev–Trinajstić information content (AvgIpc) is 3.17. The highest BCUT2D eigenvalue weighted by molar-refractivity contribution is 5.94. The molecule has 2 aliphatic rings. The minimum Gasteiger partial charge on any atom is -0.496 e. The van der Waals surface area contributed by atoms with E-state index < -0.39 is 0 Å². The maximum Gasteiger partial charge on any atom is 0.274 e. The minimum atomic E-state index is 0.103. The standard InChI is InChI=1S/C24H35N5O2/c1-4-29-21-10-9-19(25-12-11-18-7-5-6-8-22(18)31-3)17-20(21)23(26-29)24(30)28-15-13-27(2)14-16-28/h5-8,19,25H,4,9-17H2,1-3H3. The number of fused-ring (bicyclic) bond motifs is 1. The topological polar surface area (TPSA) is 62.6 Å². The summed E-state index contributed by atoms with van der Waals surface area (Å²) in [6.45, 7) is 7.22. The third-order valence-electron chi connectivity index (χ3n) is 6.66. The second-order valence-electron chi connectivity index (χ2n) is 8.64. The van der Waals surface area contributed by atoms with E-state index in [2.05, 4.69) is 36.3 Å². The van der Waals surface area contributed by atoms with Crippen LogP contribution >= 0.6 is 0 Å². The number of carbonyl (C=O) groups is 1. The first kappa shape index (κ1) is 21.8. The molecule has 4 rings (SSSR count). The highest BCUT2D eigenvalue weighted by Crippen LogP contribution is 2.26. The van der Waals surface area contributed by atoms with Gasteiger partial charge in [-0.1, -0.05) is 18.2 Å². The van der Waals surface area contributed by atoms with Crippen molar-refractivity contribution >= 4 is 5.91 Å². The summed E-state index contributed by atoms with van der Waals surface area (Å²) >= 11 is 0. The molecule has 31 heavy (non-hydrogen) atoms. The number of para-hydroxylation sites is 1. The monoisotopic (exact) mass is 425 g/mol. The molecule has 1 unspecified atom stereocenters. The molecule has 168 valence electrons. The number of carbonyl (C=O) groups excluding carboxylic acids is 1. The average molecular weight is 426 g/mol. The maximum absolute atomic E-state index is 13.3. The van der Waals surface area contributed by atoms with E-state index in [1.54, 1.807) is 7.11 Å². The van der Waals surface area contributed by atoms with E-state index in [1.807, 2.05) is 21.7 Å². The summed E-state index contributed by atoms with van der Waals surface area (Å²) in [5.41, 5.74) is 4.31. The first-order chi connectivity index (χ1) is 15.1. The summed E-state index contributed by atoms with van der Waals surface area (Å²) < 4.78 is 7.52. The van der Waals surface area contributed by atoms with Gasteiger partial charge in [-0.2, -0.15) is 5.10 Å². The van der Waals surface area contributed by atoms with E-state index in [1.165, 1.54) is 11.3 Å². The van der Waals surface area contributed by atoms with Gasteiger partial charge in [-0.25, -0.2) is 0 Å². The number of aromatic nitrogens is 2. The van der Waals surface area contributed by atoms with Gasteiger partial charge in [0.1, 0.15) is 5.75 Å². The summed E-state index contributed by atoms with van der Waals surface area (Å²) in [7, 11) is 3.83. The summed E-state index contributed by atoms with van der Waals surface area (Å²) in [5.74, 6) is 1.05. The van der Waals surface area contributed by atoms with E-state index >= 15 is 0 Å². The molecule has 1 saturated heterocycles. The van der Waals surface area contributed by atoms with E-state index in [4.69, 9.17) is 9.84 Å². The highest BCUT2D eigenvalue weighted by Gasteiger charge is 2.31. The van der Waals surface area contributed by atoms with Gasteiger partial charge in [0.2, 0.25) is 0 Å². The summed E-state index contributed by atoms with van der Waals surface area (Å²) in [6, 6.07) is 8.56. The number of amides is 1. The highest BCUT2D eigenvalue weighted by atomic mass is 16.5. The lowest BCUT2D eigenvalue weighted by atomic mass is 9.91. The number of likely N-dealkylation sites (N-methyl/N-ethyl adjacent to an activating group) is 1. The molecule has 2 aromatic rings. The van der Waals surface area contributed by atoms with Crippen molar-refractivity contribution in [2.75, 3.05) is 46.9 Å². The lowest BCUT2D eigenvalue weighted by molar-refractivity contribution is 0.0656. The van der Waals surface area contributed by atoms with Gasteiger partial charge in [0, 0.05) is 50.0 Å². The Morgan fingerprint density at radius 1 is 1.23 bits per heavy atom. The van der Waals surface area contributed by atoms with Crippen molar-refractivity contribution in [2.24, 2.45) is 0 Å². The zero-order valence-corrected chi connectivity index (χ0v) is 19.1. The zero-order chi connectivity index (χ0) is 21.8. The molecule has 1 aliphatic carbocycles. The van der Waals surface area contributed by atoms with Gasteiger partial charge in [-0.05, 0) is 57.8 Å². The number of rotatable bonds is 7. The van der Waals surface area contributed by atoms with Crippen LogP contribution in [0.15, 0.2) is 24.3 Å². The van der Waals surface area contributed by atoms with Crippen molar-refractivity contribution in [3.63, 3.8) is 0 Å². The molecule has 0 saturated carbocycles. The fourth-order valence-electron chi connectivity index (χ4n) is 4.78. The van der Waals surface area contributed by atoms with Crippen molar-refractivity contribution in [3.8, 4) is 5.75 Å². The summed E-state index contributed by atoms with van der Waals surface area (Å²) in [6.07, 6.45) is 3.84. The normalized spacial score (nSPS) is 19.3. The fraction of sp³-hybridized carbons (Fsp3) is 0.583. The van der Waals surface area contributed by atoms with E-state index in [0.717, 1.165) is 76.3 Å². The third kappa shape index (κ3) is 4.77. The smallest absolute Gasteiger partial charge is 0.274 e. The van der Waals surface area contributed by atoms with Gasteiger partial charge in [0.05, 0.1) is 7.11 Å². The van der Waals surface area contributed by atoms with Crippen molar-refractivity contribution < 1.29 is 9.53 Å². The van der Waals surface area contributed by atoms with Crippen molar-refractivity contribution in [3.05, 3.63) is 46.8 Å². The van der Waals surface area contributed by atoms with Crippen LogP contribution in [0, 0.1) is 0 Å².